The first-order valence-corrected chi connectivity index (χ1v) is 6.77. The smallest absolute Gasteiger partial charge is 0.259 e. The highest BCUT2D eigenvalue weighted by molar-refractivity contribution is 9.10. The van der Waals surface area contributed by atoms with E-state index in [4.69, 9.17) is 11.6 Å². The zero-order valence-electron chi connectivity index (χ0n) is 9.65. The minimum atomic E-state index is -0.153. The van der Waals surface area contributed by atoms with Crippen molar-refractivity contribution in [2.75, 3.05) is 0 Å². The first kappa shape index (κ1) is 12.4. The van der Waals surface area contributed by atoms with Crippen LogP contribution >= 0.6 is 27.5 Å². The van der Waals surface area contributed by atoms with Crippen LogP contribution in [0.15, 0.2) is 51.7 Å². The summed E-state index contributed by atoms with van der Waals surface area (Å²) in [6, 6.07) is 12.7. The van der Waals surface area contributed by atoms with E-state index >= 15 is 0 Å². The molecule has 0 atom stereocenters. The van der Waals surface area contributed by atoms with E-state index in [1.165, 1.54) is 0 Å². The molecule has 94 valence electrons. The number of benzene rings is 2. The summed E-state index contributed by atoms with van der Waals surface area (Å²) in [5, 5.41) is 1.16. The van der Waals surface area contributed by atoms with Gasteiger partial charge in [0.15, 0.2) is 0 Å². The van der Waals surface area contributed by atoms with E-state index in [9.17, 15) is 4.79 Å². The Balaban J connectivity index is 2.25. The molecule has 0 saturated carbocycles. The number of hydrogen-bond acceptors (Lipinski definition) is 2. The molecule has 3 aromatic rings. The van der Waals surface area contributed by atoms with E-state index in [1.54, 1.807) is 12.1 Å². The summed E-state index contributed by atoms with van der Waals surface area (Å²) >= 11 is 9.39. The lowest BCUT2D eigenvalue weighted by molar-refractivity contribution is 1.18. The Kier molecular flexibility index (Phi) is 3.12. The molecule has 1 aromatic heterocycles. The SMILES string of the molecule is O=c1[nH]c(-c2ccc(Br)c(Cl)c2)nc2ccccc12. The average molecular weight is 336 g/mol. The molecule has 0 spiro atoms. The predicted molar refractivity (Wildman–Crippen MR) is 80.5 cm³/mol. The molecule has 0 unspecified atom stereocenters. The van der Waals surface area contributed by atoms with Gasteiger partial charge in [0, 0.05) is 10.0 Å². The molecule has 0 radical (unpaired) electrons. The van der Waals surface area contributed by atoms with Crippen LogP contribution in [0.2, 0.25) is 5.02 Å². The highest BCUT2D eigenvalue weighted by atomic mass is 79.9. The Bertz CT molecular complexity index is 829. The van der Waals surface area contributed by atoms with Gasteiger partial charge in [-0.2, -0.15) is 0 Å². The topological polar surface area (TPSA) is 45.8 Å². The highest BCUT2D eigenvalue weighted by Gasteiger charge is 2.07. The number of para-hydroxylation sites is 1. The van der Waals surface area contributed by atoms with Crippen molar-refractivity contribution in [1.29, 1.82) is 0 Å². The standard InChI is InChI=1S/C14H8BrClN2O/c15-10-6-5-8(7-11(10)16)13-17-12-4-2-1-3-9(12)14(19)18-13/h1-7H,(H,17,18,19). The second kappa shape index (κ2) is 4.79. The zero-order chi connectivity index (χ0) is 13.4. The zero-order valence-corrected chi connectivity index (χ0v) is 12.0. The molecule has 0 bridgehead atoms. The molecule has 0 amide bonds. The molecule has 0 fully saturated rings. The van der Waals surface area contributed by atoms with Crippen LogP contribution in [0.25, 0.3) is 22.3 Å². The van der Waals surface area contributed by atoms with Crippen LogP contribution in [0.1, 0.15) is 0 Å². The Hall–Kier alpha value is -1.65. The van der Waals surface area contributed by atoms with Crippen LogP contribution in [0.5, 0.6) is 0 Å². The third-order valence-corrected chi connectivity index (χ3v) is 4.04. The fraction of sp³-hybridized carbons (Fsp3) is 0. The number of fused-ring (bicyclic) bond motifs is 1. The first-order valence-electron chi connectivity index (χ1n) is 5.59. The van der Waals surface area contributed by atoms with E-state index in [0.717, 1.165) is 10.0 Å². The molecular formula is C14H8BrClN2O. The fourth-order valence-electron chi connectivity index (χ4n) is 1.87. The van der Waals surface area contributed by atoms with Crippen LogP contribution in [-0.4, -0.2) is 9.97 Å². The maximum absolute atomic E-state index is 12.0. The Morgan fingerprint density at radius 3 is 2.74 bits per heavy atom. The fourth-order valence-corrected chi connectivity index (χ4v) is 2.29. The average Bonchev–Trinajstić information content (AvgIpc) is 2.42. The minimum Gasteiger partial charge on any atom is -0.306 e. The van der Waals surface area contributed by atoms with Crippen molar-refractivity contribution in [3.05, 3.63) is 62.3 Å². The van der Waals surface area contributed by atoms with Crippen molar-refractivity contribution in [1.82, 2.24) is 9.97 Å². The predicted octanol–water partition coefficient (Wildman–Crippen LogP) is 4.01. The lowest BCUT2D eigenvalue weighted by atomic mass is 10.2. The van der Waals surface area contributed by atoms with Crippen molar-refractivity contribution < 1.29 is 0 Å². The number of aromatic amines is 1. The van der Waals surface area contributed by atoms with Gasteiger partial charge in [-0.25, -0.2) is 4.98 Å². The number of H-pyrrole nitrogens is 1. The van der Waals surface area contributed by atoms with E-state index in [-0.39, 0.29) is 5.56 Å². The van der Waals surface area contributed by atoms with Crippen molar-refractivity contribution >= 4 is 38.4 Å². The molecule has 3 rings (SSSR count). The first-order chi connectivity index (χ1) is 9.15. The van der Waals surface area contributed by atoms with Gasteiger partial charge in [0.2, 0.25) is 0 Å². The Morgan fingerprint density at radius 1 is 1.16 bits per heavy atom. The minimum absolute atomic E-state index is 0.153. The Morgan fingerprint density at radius 2 is 1.95 bits per heavy atom. The summed E-state index contributed by atoms with van der Waals surface area (Å²) in [4.78, 5) is 19.2. The van der Waals surface area contributed by atoms with Crippen molar-refractivity contribution in [2.24, 2.45) is 0 Å². The molecule has 19 heavy (non-hydrogen) atoms. The lowest BCUT2D eigenvalue weighted by Gasteiger charge is -2.04. The third-order valence-electron chi connectivity index (χ3n) is 2.81. The number of nitrogens with zero attached hydrogens (tertiary/aromatic N) is 1. The molecule has 0 saturated heterocycles. The summed E-state index contributed by atoms with van der Waals surface area (Å²) in [5.41, 5.74) is 1.29. The highest BCUT2D eigenvalue weighted by Crippen LogP contribution is 2.27. The second-order valence-corrected chi connectivity index (χ2v) is 5.32. The molecular weight excluding hydrogens is 328 g/mol. The van der Waals surface area contributed by atoms with Gasteiger partial charge in [-0.3, -0.25) is 4.79 Å². The number of nitrogens with one attached hydrogen (secondary N) is 1. The summed E-state index contributed by atoms with van der Waals surface area (Å²) in [6.45, 7) is 0. The van der Waals surface area contributed by atoms with Crippen LogP contribution in [-0.2, 0) is 0 Å². The van der Waals surface area contributed by atoms with Gasteiger partial charge in [-0.1, -0.05) is 29.8 Å². The molecule has 2 aromatic carbocycles. The molecule has 0 aliphatic heterocycles. The van der Waals surface area contributed by atoms with E-state index in [1.807, 2.05) is 30.3 Å². The Labute approximate surface area is 122 Å². The van der Waals surface area contributed by atoms with Gasteiger partial charge in [0.1, 0.15) is 5.82 Å². The summed E-state index contributed by atoms with van der Waals surface area (Å²) in [7, 11) is 0. The van der Waals surface area contributed by atoms with Crippen molar-refractivity contribution in [3.8, 4) is 11.4 Å². The lowest BCUT2D eigenvalue weighted by Crippen LogP contribution is -2.09. The van der Waals surface area contributed by atoms with Crippen LogP contribution < -0.4 is 5.56 Å². The molecule has 0 aliphatic carbocycles. The maximum Gasteiger partial charge on any atom is 0.259 e. The number of aromatic nitrogens is 2. The summed E-state index contributed by atoms with van der Waals surface area (Å²) < 4.78 is 0.807. The van der Waals surface area contributed by atoms with Gasteiger partial charge in [-0.05, 0) is 40.2 Å². The normalized spacial score (nSPS) is 10.8. The van der Waals surface area contributed by atoms with Crippen molar-refractivity contribution in [2.45, 2.75) is 0 Å². The van der Waals surface area contributed by atoms with Gasteiger partial charge < -0.3 is 4.98 Å². The monoisotopic (exact) mass is 334 g/mol. The van der Waals surface area contributed by atoms with Crippen molar-refractivity contribution in [3.63, 3.8) is 0 Å². The van der Waals surface area contributed by atoms with Gasteiger partial charge in [0.25, 0.3) is 5.56 Å². The molecule has 3 nitrogen and oxygen atoms in total. The van der Waals surface area contributed by atoms with E-state index < -0.39 is 0 Å². The number of rotatable bonds is 1. The van der Waals surface area contributed by atoms with Crippen LogP contribution in [0, 0.1) is 0 Å². The second-order valence-electron chi connectivity index (χ2n) is 4.06. The van der Waals surface area contributed by atoms with Crippen LogP contribution in [0.3, 0.4) is 0 Å². The van der Waals surface area contributed by atoms with Gasteiger partial charge in [0.05, 0.1) is 15.9 Å². The third kappa shape index (κ3) is 2.29. The molecule has 1 N–H and O–H groups in total. The largest absolute Gasteiger partial charge is 0.306 e. The summed E-state index contributed by atoms with van der Waals surface area (Å²) in [5.74, 6) is 0.512. The molecule has 1 heterocycles. The summed E-state index contributed by atoms with van der Waals surface area (Å²) in [6.07, 6.45) is 0. The molecule has 5 heteroatoms. The van der Waals surface area contributed by atoms with E-state index in [0.29, 0.717) is 21.7 Å². The van der Waals surface area contributed by atoms with E-state index in [2.05, 4.69) is 25.9 Å². The number of halogens is 2. The maximum atomic E-state index is 12.0. The number of hydrogen-bond donors (Lipinski definition) is 1. The van der Waals surface area contributed by atoms with Gasteiger partial charge in [-0.15, -0.1) is 0 Å². The molecule has 0 aliphatic rings. The van der Waals surface area contributed by atoms with Crippen LogP contribution in [0.4, 0.5) is 0 Å². The van der Waals surface area contributed by atoms with Gasteiger partial charge >= 0.3 is 0 Å². The quantitative estimate of drug-likeness (QED) is 0.730.